The molecule has 2 aromatic rings. The van der Waals surface area contributed by atoms with Gasteiger partial charge in [-0.2, -0.15) is 0 Å². The van der Waals surface area contributed by atoms with Crippen molar-refractivity contribution < 1.29 is 9.53 Å². The van der Waals surface area contributed by atoms with Gasteiger partial charge in [0.15, 0.2) is 5.78 Å². The summed E-state index contributed by atoms with van der Waals surface area (Å²) in [4.78, 5) is 13.4. The molecule has 1 aromatic carbocycles. The first kappa shape index (κ1) is 13.8. The van der Waals surface area contributed by atoms with Crippen LogP contribution >= 0.6 is 11.3 Å². The summed E-state index contributed by atoms with van der Waals surface area (Å²) in [5, 5.41) is 2.07. The van der Waals surface area contributed by atoms with Gasteiger partial charge < -0.3 is 4.74 Å². The van der Waals surface area contributed by atoms with Crippen LogP contribution in [-0.2, 0) is 6.42 Å². The normalized spacial score (nSPS) is 10.4. The van der Waals surface area contributed by atoms with Gasteiger partial charge in [0.05, 0.1) is 6.61 Å². The number of hydrogen-bond acceptors (Lipinski definition) is 3. The maximum Gasteiger partial charge on any atom is 0.163 e. The Balaban J connectivity index is 1.87. The lowest BCUT2D eigenvalue weighted by atomic mass is 10.0. The number of thiophene rings is 1. The van der Waals surface area contributed by atoms with E-state index in [1.807, 2.05) is 37.3 Å². The monoisotopic (exact) mass is 274 g/mol. The average molecular weight is 274 g/mol. The summed E-state index contributed by atoms with van der Waals surface area (Å²) >= 11 is 1.75. The molecular formula is C16H18O2S. The third kappa shape index (κ3) is 4.21. The Hall–Kier alpha value is -1.61. The van der Waals surface area contributed by atoms with E-state index in [1.165, 1.54) is 4.88 Å². The van der Waals surface area contributed by atoms with Crippen LogP contribution in [0.3, 0.4) is 0 Å². The summed E-state index contributed by atoms with van der Waals surface area (Å²) in [6, 6.07) is 11.6. The number of Topliss-reactive ketones (excluding diaryl/α,β-unsaturated/α-hetero) is 1. The van der Waals surface area contributed by atoms with Crippen LogP contribution in [0.25, 0.3) is 0 Å². The highest BCUT2D eigenvalue weighted by atomic mass is 32.1. The molecular weight excluding hydrogens is 256 g/mol. The lowest BCUT2D eigenvalue weighted by Gasteiger charge is -2.05. The lowest BCUT2D eigenvalue weighted by molar-refractivity contribution is 0.0980. The van der Waals surface area contributed by atoms with Crippen molar-refractivity contribution in [2.75, 3.05) is 6.61 Å². The van der Waals surface area contributed by atoms with Crippen LogP contribution in [0.15, 0.2) is 41.8 Å². The molecule has 0 N–H and O–H groups in total. The van der Waals surface area contributed by atoms with E-state index in [-0.39, 0.29) is 5.78 Å². The molecule has 1 heterocycles. The van der Waals surface area contributed by atoms with Crippen LogP contribution in [0.5, 0.6) is 5.75 Å². The smallest absolute Gasteiger partial charge is 0.163 e. The quantitative estimate of drug-likeness (QED) is 0.701. The van der Waals surface area contributed by atoms with Crippen LogP contribution < -0.4 is 4.74 Å². The van der Waals surface area contributed by atoms with Gasteiger partial charge in [-0.15, -0.1) is 11.3 Å². The molecule has 2 nitrogen and oxygen atoms in total. The molecule has 0 saturated carbocycles. The number of aryl methyl sites for hydroxylation is 1. The van der Waals surface area contributed by atoms with Gasteiger partial charge in [-0.05, 0) is 43.3 Å². The van der Waals surface area contributed by atoms with Crippen molar-refractivity contribution in [3.05, 3.63) is 52.2 Å². The van der Waals surface area contributed by atoms with Gasteiger partial charge in [-0.3, -0.25) is 4.79 Å². The molecule has 100 valence electrons. The molecule has 19 heavy (non-hydrogen) atoms. The van der Waals surface area contributed by atoms with E-state index in [0.29, 0.717) is 13.0 Å². The number of benzene rings is 1. The Kier molecular flexibility index (Phi) is 5.16. The van der Waals surface area contributed by atoms with Crippen molar-refractivity contribution >= 4 is 17.1 Å². The first-order chi connectivity index (χ1) is 9.29. The van der Waals surface area contributed by atoms with E-state index in [2.05, 4.69) is 11.4 Å². The van der Waals surface area contributed by atoms with Crippen LogP contribution in [0, 0.1) is 0 Å². The predicted molar refractivity (Wildman–Crippen MR) is 79.2 cm³/mol. The van der Waals surface area contributed by atoms with Gasteiger partial charge in [0.25, 0.3) is 0 Å². The molecule has 0 fully saturated rings. The largest absolute Gasteiger partial charge is 0.494 e. The second kappa shape index (κ2) is 7.10. The minimum Gasteiger partial charge on any atom is -0.494 e. The van der Waals surface area contributed by atoms with Crippen molar-refractivity contribution in [3.63, 3.8) is 0 Å². The average Bonchev–Trinajstić information content (AvgIpc) is 2.92. The Morgan fingerprint density at radius 1 is 1.26 bits per heavy atom. The number of carbonyl (C=O) groups is 1. The minimum atomic E-state index is 0.193. The fourth-order valence-corrected chi connectivity index (χ4v) is 2.70. The van der Waals surface area contributed by atoms with Crippen molar-refractivity contribution in [3.8, 4) is 5.75 Å². The molecule has 0 unspecified atom stereocenters. The number of ketones is 1. The zero-order valence-electron chi connectivity index (χ0n) is 11.1. The van der Waals surface area contributed by atoms with Crippen molar-refractivity contribution in [1.29, 1.82) is 0 Å². The van der Waals surface area contributed by atoms with Crippen molar-refractivity contribution in [2.45, 2.75) is 26.2 Å². The first-order valence-corrected chi connectivity index (χ1v) is 7.46. The Morgan fingerprint density at radius 2 is 2.16 bits per heavy atom. The fourth-order valence-electron chi connectivity index (χ4n) is 1.95. The Bertz CT molecular complexity index is 517. The third-order valence-electron chi connectivity index (χ3n) is 2.87. The van der Waals surface area contributed by atoms with Gasteiger partial charge in [0.2, 0.25) is 0 Å². The van der Waals surface area contributed by atoms with Crippen LogP contribution in [0.1, 0.15) is 35.0 Å². The van der Waals surface area contributed by atoms with Crippen molar-refractivity contribution in [1.82, 2.24) is 0 Å². The molecule has 0 amide bonds. The molecule has 2 rings (SSSR count). The highest BCUT2D eigenvalue weighted by Crippen LogP contribution is 2.17. The number of carbonyl (C=O) groups excluding carboxylic acids is 1. The molecule has 0 aliphatic heterocycles. The topological polar surface area (TPSA) is 26.3 Å². The van der Waals surface area contributed by atoms with Gasteiger partial charge >= 0.3 is 0 Å². The fraction of sp³-hybridized carbons (Fsp3) is 0.312. The van der Waals surface area contributed by atoms with Crippen molar-refractivity contribution in [2.24, 2.45) is 0 Å². The molecule has 0 radical (unpaired) electrons. The van der Waals surface area contributed by atoms with Gasteiger partial charge in [0, 0.05) is 16.9 Å². The lowest BCUT2D eigenvalue weighted by Crippen LogP contribution is -2.01. The summed E-state index contributed by atoms with van der Waals surface area (Å²) in [7, 11) is 0. The summed E-state index contributed by atoms with van der Waals surface area (Å²) in [6.45, 7) is 2.56. The molecule has 0 aliphatic carbocycles. The molecule has 0 atom stereocenters. The summed E-state index contributed by atoms with van der Waals surface area (Å²) in [5.74, 6) is 0.963. The van der Waals surface area contributed by atoms with E-state index < -0.39 is 0 Å². The predicted octanol–water partition coefficient (Wildman–Crippen LogP) is 4.35. The summed E-state index contributed by atoms with van der Waals surface area (Å²) < 4.78 is 5.41. The third-order valence-corrected chi connectivity index (χ3v) is 3.81. The summed E-state index contributed by atoms with van der Waals surface area (Å²) in [6.07, 6.45) is 2.47. The number of hydrogen-bond donors (Lipinski definition) is 0. The van der Waals surface area contributed by atoms with E-state index >= 15 is 0 Å². The van der Waals surface area contributed by atoms with Crippen LogP contribution in [0.2, 0.25) is 0 Å². The number of ether oxygens (including phenoxy) is 1. The van der Waals surface area contributed by atoms with Gasteiger partial charge in [-0.25, -0.2) is 0 Å². The highest BCUT2D eigenvalue weighted by Gasteiger charge is 2.07. The van der Waals surface area contributed by atoms with Crippen LogP contribution in [0.4, 0.5) is 0 Å². The van der Waals surface area contributed by atoms with E-state index in [1.54, 1.807) is 11.3 Å². The summed E-state index contributed by atoms with van der Waals surface area (Å²) in [5.41, 5.74) is 0.747. The molecule has 0 aliphatic rings. The first-order valence-electron chi connectivity index (χ1n) is 6.58. The molecule has 0 spiro atoms. The maximum absolute atomic E-state index is 12.1. The maximum atomic E-state index is 12.1. The van der Waals surface area contributed by atoms with Crippen LogP contribution in [-0.4, -0.2) is 12.4 Å². The molecule has 3 heteroatoms. The molecule has 0 saturated heterocycles. The van der Waals surface area contributed by atoms with E-state index in [9.17, 15) is 4.79 Å². The second-order valence-electron chi connectivity index (χ2n) is 4.32. The van der Waals surface area contributed by atoms with E-state index in [4.69, 9.17) is 4.74 Å². The standard InChI is InChI=1S/C16H18O2S/c1-2-18-14-7-3-6-13(12-14)16(17)10-4-8-15-9-5-11-19-15/h3,5-7,9,11-12H,2,4,8,10H2,1H3. The SMILES string of the molecule is CCOc1cccc(C(=O)CCCc2cccs2)c1. The Labute approximate surface area is 118 Å². The zero-order chi connectivity index (χ0) is 13.5. The van der Waals surface area contributed by atoms with Gasteiger partial charge in [0.1, 0.15) is 5.75 Å². The molecule has 0 bridgehead atoms. The second-order valence-corrected chi connectivity index (χ2v) is 5.35. The zero-order valence-corrected chi connectivity index (χ0v) is 11.9. The van der Waals surface area contributed by atoms with Gasteiger partial charge in [-0.1, -0.05) is 18.2 Å². The highest BCUT2D eigenvalue weighted by molar-refractivity contribution is 7.09. The Morgan fingerprint density at radius 3 is 2.89 bits per heavy atom. The minimum absolute atomic E-state index is 0.193. The molecule has 1 aromatic heterocycles. The number of rotatable bonds is 7. The van der Waals surface area contributed by atoms with E-state index in [0.717, 1.165) is 24.2 Å².